The average Bonchev–Trinajstić information content (AvgIpc) is 2.59. The largest absolute Gasteiger partial charge is 0.329 e. The van der Waals surface area contributed by atoms with Gasteiger partial charge in [-0.3, -0.25) is 0 Å². The summed E-state index contributed by atoms with van der Waals surface area (Å²) in [5, 5.41) is 0.502. The summed E-state index contributed by atoms with van der Waals surface area (Å²) in [4.78, 5) is 2.82. The Bertz CT molecular complexity index is 281. The molecule has 0 saturated carbocycles. The molecule has 1 nitrogen and oxygen atoms in total. The molecular weight excluding hydrogens is 222 g/mol. The molecule has 1 aromatic heterocycles. The lowest BCUT2D eigenvalue weighted by Crippen LogP contribution is -2.09. The van der Waals surface area contributed by atoms with Crippen molar-refractivity contribution in [1.29, 1.82) is 0 Å². The third-order valence-corrected chi connectivity index (χ3v) is 4.89. The van der Waals surface area contributed by atoms with Gasteiger partial charge in [0.05, 0.1) is 5.25 Å². The zero-order chi connectivity index (χ0) is 11.3. The summed E-state index contributed by atoms with van der Waals surface area (Å²) in [7, 11) is 0. The Kier molecular flexibility index (Phi) is 5.72. The van der Waals surface area contributed by atoms with E-state index < -0.39 is 0 Å². The molecular formula is C12H21NS2. The molecule has 1 rings (SSSR count). The summed E-state index contributed by atoms with van der Waals surface area (Å²) in [6.07, 6.45) is 1.28. The standard InChI is InChI=1S/C12H21NS2/c1-9(2)6-7-14-12(8-13)11-5-4-10(3)15-11/h4-5,9,12H,6-8,13H2,1-3H3. The van der Waals surface area contributed by atoms with Gasteiger partial charge < -0.3 is 5.73 Å². The quantitative estimate of drug-likeness (QED) is 0.821. The van der Waals surface area contributed by atoms with Crippen LogP contribution in [0.1, 0.15) is 35.3 Å². The van der Waals surface area contributed by atoms with Crippen molar-refractivity contribution in [3.8, 4) is 0 Å². The summed E-state index contributed by atoms with van der Waals surface area (Å²) in [5.74, 6) is 2.01. The molecule has 15 heavy (non-hydrogen) atoms. The zero-order valence-electron chi connectivity index (χ0n) is 9.82. The monoisotopic (exact) mass is 243 g/mol. The van der Waals surface area contributed by atoms with E-state index in [4.69, 9.17) is 5.73 Å². The molecule has 0 amide bonds. The van der Waals surface area contributed by atoms with Crippen LogP contribution in [0.4, 0.5) is 0 Å². The molecule has 0 saturated heterocycles. The number of thiophene rings is 1. The number of thioether (sulfide) groups is 1. The van der Waals surface area contributed by atoms with Crippen LogP contribution < -0.4 is 5.73 Å². The topological polar surface area (TPSA) is 26.0 Å². The third-order valence-electron chi connectivity index (χ3n) is 2.31. The molecule has 1 atom stereocenters. The first kappa shape index (κ1) is 13.1. The van der Waals surface area contributed by atoms with E-state index in [1.807, 2.05) is 23.1 Å². The van der Waals surface area contributed by atoms with Crippen LogP contribution in [0, 0.1) is 12.8 Å². The van der Waals surface area contributed by atoms with Crippen molar-refractivity contribution in [2.45, 2.75) is 32.4 Å². The minimum Gasteiger partial charge on any atom is -0.329 e. The molecule has 0 bridgehead atoms. The molecule has 2 N–H and O–H groups in total. The minimum absolute atomic E-state index is 0.502. The number of hydrogen-bond donors (Lipinski definition) is 1. The zero-order valence-corrected chi connectivity index (χ0v) is 11.5. The van der Waals surface area contributed by atoms with Crippen LogP contribution >= 0.6 is 23.1 Å². The Balaban J connectivity index is 2.42. The van der Waals surface area contributed by atoms with Crippen LogP contribution in [0.5, 0.6) is 0 Å². The van der Waals surface area contributed by atoms with Crippen LogP contribution in [-0.2, 0) is 0 Å². The van der Waals surface area contributed by atoms with Gasteiger partial charge >= 0.3 is 0 Å². The Morgan fingerprint density at radius 1 is 1.40 bits per heavy atom. The molecule has 0 fully saturated rings. The molecule has 0 radical (unpaired) electrons. The Morgan fingerprint density at radius 2 is 2.13 bits per heavy atom. The smallest absolute Gasteiger partial charge is 0.0513 e. The molecule has 3 heteroatoms. The highest BCUT2D eigenvalue weighted by atomic mass is 32.2. The molecule has 0 aliphatic carbocycles. The van der Waals surface area contributed by atoms with Crippen LogP contribution in [-0.4, -0.2) is 12.3 Å². The van der Waals surface area contributed by atoms with E-state index in [-0.39, 0.29) is 0 Å². The maximum atomic E-state index is 5.82. The van der Waals surface area contributed by atoms with Crippen LogP contribution in [0.15, 0.2) is 12.1 Å². The van der Waals surface area contributed by atoms with Gasteiger partial charge in [-0.15, -0.1) is 11.3 Å². The lowest BCUT2D eigenvalue weighted by Gasteiger charge is -2.13. The minimum atomic E-state index is 0.502. The lowest BCUT2D eigenvalue weighted by molar-refractivity contribution is 0.631. The van der Waals surface area contributed by atoms with Crippen LogP contribution in [0.25, 0.3) is 0 Å². The second-order valence-electron chi connectivity index (χ2n) is 4.23. The van der Waals surface area contributed by atoms with Crippen LogP contribution in [0.2, 0.25) is 0 Å². The summed E-state index contributed by atoms with van der Waals surface area (Å²) in [6, 6.07) is 4.41. The van der Waals surface area contributed by atoms with Gasteiger partial charge in [-0.1, -0.05) is 13.8 Å². The highest BCUT2D eigenvalue weighted by Crippen LogP contribution is 2.33. The van der Waals surface area contributed by atoms with Gasteiger partial charge in [0.1, 0.15) is 0 Å². The Labute approximate surface area is 101 Å². The number of nitrogens with two attached hydrogens (primary N) is 1. The molecule has 0 aliphatic rings. The summed E-state index contributed by atoms with van der Waals surface area (Å²) < 4.78 is 0. The highest BCUT2D eigenvalue weighted by molar-refractivity contribution is 7.99. The van der Waals surface area contributed by atoms with Crippen molar-refractivity contribution < 1.29 is 0 Å². The van der Waals surface area contributed by atoms with Crippen molar-refractivity contribution in [2.24, 2.45) is 11.7 Å². The van der Waals surface area contributed by atoms with Crippen molar-refractivity contribution in [3.63, 3.8) is 0 Å². The molecule has 86 valence electrons. The predicted molar refractivity (Wildman–Crippen MR) is 72.8 cm³/mol. The summed E-state index contributed by atoms with van der Waals surface area (Å²) in [5.41, 5.74) is 5.82. The molecule has 0 aromatic carbocycles. The fraction of sp³-hybridized carbons (Fsp3) is 0.667. The van der Waals surface area contributed by atoms with Gasteiger partial charge in [-0.25, -0.2) is 0 Å². The second kappa shape index (κ2) is 6.56. The van der Waals surface area contributed by atoms with E-state index in [0.717, 1.165) is 12.5 Å². The van der Waals surface area contributed by atoms with Crippen molar-refractivity contribution in [1.82, 2.24) is 0 Å². The first-order chi connectivity index (χ1) is 7.13. The molecule has 0 aliphatic heterocycles. The maximum absolute atomic E-state index is 5.82. The van der Waals surface area contributed by atoms with Crippen molar-refractivity contribution in [3.05, 3.63) is 21.9 Å². The van der Waals surface area contributed by atoms with E-state index in [0.29, 0.717) is 5.25 Å². The van der Waals surface area contributed by atoms with E-state index in [1.54, 1.807) is 0 Å². The van der Waals surface area contributed by atoms with Gasteiger partial charge in [0.15, 0.2) is 0 Å². The van der Waals surface area contributed by atoms with Gasteiger partial charge in [0.25, 0.3) is 0 Å². The lowest BCUT2D eigenvalue weighted by atomic mass is 10.2. The van der Waals surface area contributed by atoms with E-state index in [9.17, 15) is 0 Å². The fourth-order valence-electron chi connectivity index (χ4n) is 1.34. The first-order valence-electron chi connectivity index (χ1n) is 5.51. The molecule has 1 unspecified atom stereocenters. The third kappa shape index (κ3) is 4.58. The molecule has 1 heterocycles. The van der Waals surface area contributed by atoms with Crippen molar-refractivity contribution >= 4 is 23.1 Å². The molecule has 0 spiro atoms. The van der Waals surface area contributed by atoms with Gasteiger partial charge in [-0.2, -0.15) is 11.8 Å². The predicted octanol–water partition coefficient (Wildman–Crippen LogP) is 3.84. The highest BCUT2D eigenvalue weighted by Gasteiger charge is 2.11. The molecule has 1 aromatic rings. The summed E-state index contributed by atoms with van der Waals surface area (Å²) in [6.45, 7) is 7.45. The normalized spacial score (nSPS) is 13.4. The number of hydrogen-bond acceptors (Lipinski definition) is 3. The fourth-order valence-corrected chi connectivity index (χ4v) is 3.83. The number of aryl methyl sites for hydroxylation is 1. The van der Waals surface area contributed by atoms with Crippen LogP contribution in [0.3, 0.4) is 0 Å². The van der Waals surface area contributed by atoms with E-state index in [2.05, 4.69) is 32.9 Å². The number of rotatable bonds is 6. The SMILES string of the molecule is Cc1ccc(C(CN)SCCC(C)C)s1. The van der Waals surface area contributed by atoms with E-state index >= 15 is 0 Å². The van der Waals surface area contributed by atoms with Crippen molar-refractivity contribution in [2.75, 3.05) is 12.3 Å². The first-order valence-corrected chi connectivity index (χ1v) is 7.38. The van der Waals surface area contributed by atoms with E-state index in [1.165, 1.54) is 21.9 Å². The Hall–Kier alpha value is 0.01000. The Morgan fingerprint density at radius 3 is 2.60 bits per heavy atom. The maximum Gasteiger partial charge on any atom is 0.0513 e. The average molecular weight is 243 g/mol. The van der Waals surface area contributed by atoms with Gasteiger partial charge in [-0.05, 0) is 37.1 Å². The second-order valence-corrected chi connectivity index (χ2v) is 6.86. The van der Waals surface area contributed by atoms with Gasteiger partial charge in [0.2, 0.25) is 0 Å². The summed E-state index contributed by atoms with van der Waals surface area (Å²) >= 11 is 3.88. The van der Waals surface area contributed by atoms with Gasteiger partial charge in [0, 0.05) is 16.3 Å².